The lowest BCUT2D eigenvalue weighted by molar-refractivity contribution is 0.230. The maximum Gasteiger partial charge on any atom is 0.203 e. The van der Waals surface area contributed by atoms with Crippen LogP contribution in [0.25, 0.3) is 0 Å². The molecular weight excluding hydrogens is 274 g/mol. The highest BCUT2D eigenvalue weighted by atomic mass is 32.1. The Morgan fingerprint density at radius 1 is 1.35 bits per heavy atom. The van der Waals surface area contributed by atoms with Crippen LogP contribution < -0.4 is 14.9 Å². The molecule has 20 heavy (non-hydrogen) atoms. The Kier molecular flexibility index (Phi) is 4.95. The van der Waals surface area contributed by atoms with Crippen molar-refractivity contribution in [3.05, 3.63) is 35.3 Å². The summed E-state index contributed by atoms with van der Waals surface area (Å²) in [6.45, 7) is 3.95. The van der Waals surface area contributed by atoms with Crippen LogP contribution in [0.15, 0.2) is 34.9 Å². The lowest BCUT2D eigenvalue weighted by Crippen LogP contribution is -2.07. The van der Waals surface area contributed by atoms with Crippen LogP contribution in [0.2, 0.25) is 0 Å². The van der Waals surface area contributed by atoms with Crippen LogP contribution in [0.4, 0.5) is 5.13 Å². The van der Waals surface area contributed by atoms with Gasteiger partial charge in [0.05, 0.1) is 19.4 Å². The molecule has 0 atom stereocenters. The molecule has 2 rings (SSSR count). The summed E-state index contributed by atoms with van der Waals surface area (Å²) >= 11 is 1.50. The van der Waals surface area contributed by atoms with Gasteiger partial charge in [-0.3, -0.25) is 5.43 Å². The second-order valence-corrected chi connectivity index (χ2v) is 5.18. The first-order valence-electron chi connectivity index (χ1n) is 6.22. The highest BCUT2D eigenvalue weighted by molar-refractivity contribution is 7.13. The molecular formula is C14H17N3O2S. The maximum absolute atomic E-state index is 5.71. The highest BCUT2D eigenvalue weighted by Gasteiger charge is 2.06. The SMILES string of the molecule is COc1ccc(/C=N\Nc2nccs2)cc1OC(C)C. The van der Waals surface area contributed by atoms with Crippen molar-refractivity contribution < 1.29 is 9.47 Å². The first-order chi connectivity index (χ1) is 9.69. The lowest BCUT2D eigenvalue weighted by Gasteiger charge is -2.13. The number of benzene rings is 1. The summed E-state index contributed by atoms with van der Waals surface area (Å²) in [5.41, 5.74) is 3.79. The third kappa shape index (κ3) is 3.96. The number of nitrogens with one attached hydrogen (secondary N) is 1. The van der Waals surface area contributed by atoms with Crippen molar-refractivity contribution in [2.24, 2.45) is 5.10 Å². The Morgan fingerprint density at radius 2 is 2.20 bits per heavy atom. The predicted octanol–water partition coefficient (Wildman–Crippen LogP) is 3.38. The zero-order valence-electron chi connectivity index (χ0n) is 11.7. The largest absolute Gasteiger partial charge is 0.493 e. The molecule has 2 aromatic rings. The van der Waals surface area contributed by atoms with E-state index in [1.807, 2.05) is 37.4 Å². The van der Waals surface area contributed by atoms with Gasteiger partial charge in [-0.25, -0.2) is 4.98 Å². The molecule has 5 nitrogen and oxygen atoms in total. The van der Waals surface area contributed by atoms with Crippen LogP contribution in [0.3, 0.4) is 0 Å². The molecule has 0 bridgehead atoms. The van der Waals surface area contributed by atoms with Crippen molar-refractivity contribution in [2.75, 3.05) is 12.5 Å². The third-order valence-corrected chi connectivity index (χ3v) is 3.03. The summed E-state index contributed by atoms with van der Waals surface area (Å²) in [7, 11) is 1.63. The van der Waals surface area contributed by atoms with E-state index in [9.17, 15) is 0 Å². The van der Waals surface area contributed by atoms with Gasteiger partial charge in [0, 0.05) is 11.6 Å². The highest BCUT2D eigenvalue weighted by Crippen LogP contribution is 2.28. The molecule has 0 amide bonds. The summed E-state index contributed by atoms with van der Waals surface area (Å²) < 4.78 is 11.0. The molecule has 0 aliphatic rings. The van der Waals surface area contributed by atoms with Gasteiger partial charge < -0.3 is 9.47 Å². The van der Waals surface area contributed by atoms with Gasteiger partial charge in [-0.1, -0.05) is 0 Å². The number of thiazole rings is 1. The van der Waals surface area contributed by atoms with Crippen molar-refractivity contribution >= 4 is 22.7 Å². The van der Waals surface area contributed by atoms with E-state index >= 15 is 0 Å². The first-order valence-corrected chi connectivity index (χ1v) is 7.10. The van der Waals surface area contributed by atoms with Gasteiger partial charge in [-0.05, 0) is 37.6 Å². The zero-order chi connectivity index (χ0) is 14.4. The van der Waals surface area contributed by atoms with Crippen molar-refractivity contribution in [2.45, 2.75) is 20.0 Å². The number of aromatic nitrogens is 1. The van der Waals surface area contributed by atoms with E-state index in [2.05, 4.69) is 15.5 Å². The average molecular weight is 291 g/mol. The van der Waals surface area contributed by atoms with Gasteiger partial charge in [0.15, 0.2) is 11.5 Å². The first kappa shape index (κ1) is 14.3. The molecule has 1 aromatic heterocycles. The minimum Gasteiger partial charge on any atom is -0.493 e. The maximum atomic E-state index is 5.71. The van der Waals surface area contributed by atoms with Crippen LogP contribution in [-0.4, -0.2) is 24.4 Å². The molecule has 0 radical (unpaired) electrons. The second kappa shape index (κ2) is 6.91. The van der Waals surface area contributed by atoms with Gasteiger partial charge in [0.1, 0.15) is 0 Å². The topological polar surface area (TPSA) is 55.7 Å². The summed E-state index contributed by atoms with van der Waals surface area (Å²) in [6.07, 6.45) is 3.53. The van der Waals surface area contributed by atoms with Crippen LogP contribution in [-0.2, 0) is 0 Å². The Balaban J connectivity index is 2.09. The molecule has 0 spiro atoms. The quantitative estimate of drug-likeness (QED) is 0.655. The van der Waals surface area contributed by atoms with Crippen LogP contribution in [0, 0.1) is 0 Å². The standard InChI is InChI=1S/C14H17N3O2S/c1-10(2)19-13-8-11(4-5-12(13)18-3)9-16-17-14-15-6-7-20-14/h4-10H,1-3H3,(H,15,17)/b16-9-. The summed E-state index contributed by atoms with van der Waals surface area (Å²) in [5, 5.41) is 6.78. The minimum absolute atomic E-state index is 0.0875. The number of anilines is 1. The number of rotatable bonds is 6. The molecule has 106 valence electrons. The van der Waals surface area contributed by atoms with Crippen LogP contribution in [0.5, 0.6) is 11.5 Å². The molecule has 0 aliphatic carbocycles. The van der Waals surface area contributed by atoms with Gasteiger partial charge in [-0.15, -0.1) is 11.3 Å². The van der Waals surface area contributed by atoms with Gasteiger partial charge in [0.25, 0.3) is 0 Å². The van der Waals surface area contributed by atoms with Gasteiger partial charge in [0.2, 0.25) is 5.13 Å². The van der Waals surface area contributed by atoms with Crippen molar-refractivity contribution in [3.8, 4) is 11.5 Å². The van der Waals surface area contributed by atoms with Crippen molar-refractivity contribution in [1.29, 1.82) is 0 Å². The minimum atomic E-state index is 0.0875. The van der Waals surface area contributed by atoms with Gasteiger partial charge in [-0.2, -0.15) is 5.10 Å². The van der Waals surface area contributed by atoms with E-state index in [1.54, 1.807) is 19.5 Å². The van der Waals surface area contributed by atoms with E-state index in [0.29, 0.717) is 11.5 Å². The van der Waals surface area contributed by atoms with Crippen molar-refractivity contribution in [3.63, 3.8) is 0 Å². The number of hydrogen-bond donors (Lipinski definition) is 1. The van der Waals surface area contributed by atoms with E-state index in [-0.39, 0.29) is 6.10 Å². The van der Waals surface area contributed by atoms with Crippen molar-refractivity contribution in [1.82, 2.24) is 4.98 Å². The molecule has 0 saturated carbocycles. The Bertz CT molecular complexity index is 568. The van der Waals surface area contributed by atoms with E-state index in [4.69, 9.17) is 9.47 Å². The van der Waals surface area contributed by atoms with Crippen LogP contribution >= 0.6 is 11.3 Å². The Hall–Kier alpha value is -2.08. The molecule has 1 heterocycles. The second-order valence-electron chi connectivity index (χ2n) is 4.28. The smallest absolute Gasteiger partial charge is 0.203 e. The number of nitrogens with zero attached hydrogens (tertiary/aromatic N) is 2. The number of hydrazone groups is 1. The fraction of sp³-hybridized carbons (Fsp3) is 0.286. The average Bonchev–Trinajstić information content (AvgIpc) is 2.91. The zero-order valence-corrected chi connectivity index (χ0v) is 12.5. The van der Waals surface area contributed by atoms with E-state index in [0.717, 1.165) is 10.7 Å². The molecule has 0 fully saturated rings. The molecule has 1 N–H and O–H groups in total. The number of methoxy groups -OCH3 is 1. The molecule has 6 heteroatoms. The summed E-state index contributed by atoms with van der Waals surface area (Å²) in [5.74, 6) is 1.42. The monoisotopic (exact) mass is 291 g/mol. The van der Waals surface area contributed by atoms with E-state index in [1.165, 1.54) is 11.3 Å². The summed E-state index contributed by atoms with van der Waals surface area (Å²) in [6, 6.07) is 5.67. The lowest BCUT2D eigenvalue weighted by atomic mass is 10.2. The number of ether oxygens (including phenoxy) is 2. The fourth-order valence-electron chi connectivity index (χ4n) is 1.56. The normalized spacial score (nSPS) is 11.0. The molecule has 0 unspecified atom stereocenters. The molecule has 0 aliphatic heterocycles. The molecule has 1 aromatic carbocycles. The Labute approximate surface area is 122 Å². The Morgan fingerprint density at radius 3 is 2.85 bits per heavy atom. The number of hydrogen-bond acceptors (Lipinski definition) is 6. The van der Waals surface area contributed by atoms with Crippen LogP contribution in [0.1, 0.15) is 19.4 Å². The molecule has 0 saturated heterocycles. The predicted molar refractivity (Wildman–Crippen MR) is 82.1 cm³/mol. The van der Waals surface area contributed by atoms with E-state index < -0.39 is 0 Å². The fourth-order valence-corrected chi connectivity index (χ4v) is 2.04. The van der Waals surface area contributed by atoms with Gasteiger partial charge >= 0.3 is 0 Å². The third-order valence-electron chi connectivity index (χ3n) is 2.36. The summed E-state index contributed by atoms with van der Waals surface area (Å²) in [4.78, 5) is 4.08.